The van der Waals surface area contributed by atoms with Crippen molar-refractivity contribution >= 4 is 0 Å². The summed E-state index contributed by atoms with van der Waals surface area (Å²) in [6.45, 7) is 10.9. The second-order valence-electron chi connectivity index (χ2n) is 6.03. The fourth-order valence-corrected chi connectivity index (χ4v) is 1.76. The molecule has 1 unspecified atom stereocenters. The van der Waals surface area contributed by atoms with E-state index < -0.39 is 0 Å². The highest BCUT2D eigenvalue weighted by Crippen LogP contribution is 2.22. The molecule has 0 aliphatic heterocycles. The van der Waals surface area contributed by atoms with E-state index in [-0.39, 0.29) is 17.3 Å². The number of hydrogen-bond acceptors (Lipinski definition) is 2. The highest BCUT2D eigenvalue weighted by molar-refractivity contribution is 5.19. The first-order valence-corrected chi connectivity index (χ1v) is 7.00. The second-order valence-corrected chi connectivity index (χ2v) is 6.03. The molecule has 0 saturated heterocycles. The smallest absolute Gasteiger partial charge is 0.123 e. The predicted octanol–water partition coefficient (Wildman–Crippen LogP) is 3.93. The molecular formula is C16H26FNO. The highest BCUT2D eigenvalue weighted by Gasteiger charge is 2.15. The molecule has 1 atom stereocenters. The van der Waals surface area contributed by atoms with Gasteiger partial charge in [-0.05, 0) is 36.1 Å². The Labute approximate surface area is 116 Å². The molecule has 1 aromatic carbocycles. The third kappa shape index (κ3) is 6.69. The SMILES string of the molecule is CCNCC(OCCC(C)(C)C)c1cccc(F)c1. The fourth-order valence-electron chi connectivity index (χ4n) is 1.76. The summed E-state index contributed by atoms with van der Waals surface area (Å²) >= 11 is 0. The van der Waals surface area contributed by atoms with Crippen LogP contribution >= 0.6 is 0 Å². The molecule has 0 fully saturated rings. The Morgan fingerprint density at radius 1 is 1.32 bits per heavy atom. The van der Waals surface area contributed by atoms with Crippen molar-refractivity contribution in [2.24, 2.45) is 5.41 Å². The maximum atomic E-state index is 13.3. The van der Waals surface area contributed by atoms with Crippen molar-refractivity contribution in [1.82, 2.24) is 5.32 Å². The molecule has 0 aliphatic rings. The van der Waals surface area contributed by atoms with Crippen LogP contribution in [-0.4, -0.2) is 19.7 Å². The zero-order valence-corrected chi connectivity index (χ0v) is 12.5. The average Bonchev–Trinajstić information content (AvgIpc) is 2.32. The summed E-state index contributed by atoms with van der Waals surface area (Å²) < 4.78 is 19.2. The Morgan fingerprint density at radius 3 is 2.63 bits per heavy atom. The quantitative estimate of drug-likeness (QED) is 0.808. The zero-order chi connectivity index (χ0) is 14.3. The van der Waals surface area contributed by atoms with Gasteiger partial charge in [-0.3, -0.25) is 0 Å². The van der Waals surface area contributed by atoms with E-state index in [0.29, 0.717) is 13.2 Å². The summed E-state index contributed by atoms with van der Waals surface area (Å²) in [5.41, 5.74) is 1.15. The van der Waals surface area contributed by atoms with E-state index in [1.165, 1.54) is 6.07 Å². The van der Waals surface area contributed by atoms with Crippen LogP contribution in [0.1, 0.15) is 45.8 Å². The third-order valence-corrected chi connectivity index (χ3v) is 2.97. The van der Waals surface area contributed by atoms with Crippen LogP contribution in [0.15, 0.2) is 24.3 Å². The summed E-state index contributed by atoms with van der Waals surface area (Å²) in [7, 11) is 0. The number of nitrogens with one attached hydrogen (secondary N) is 1. The molecular weight excluding hydrogens is 241 g/mol. The van der Waals surface area contributed by atoms with Crippen LogP contribution in [0.2, 0.25) is 0 Å². The lowest BCUT2D eigenvalue weighted by Gasteiger charge is -2.22. The number of rotatable bonds is 7. The topological polar surface area (TPSA) is 21.3 Å². The van der Waals surface area contributed by atoms with Gasteiger partial charge in [0, 0.05) is 13.2 Å². The molecule has 3 heteroatoms. The van der Waals surface area contributed by atoms with Crippen LogP contribution in [0.25, 0.3) is 0 Å². The van der Waals surface area contributed by atoms with Crippen LogP contribution in [0.5, 0.6) is 0 Å². The van der Waals surface area contributed by atoms with Gasteiger partial charge in [-0.15, -0.1) is 0 Å². The Hall–Kier alpha value is -0.930. The summed E-state index contributed by atoms with van der Waals surface area (Å²) in [6, 6.07) is 6.67. The van der Waals surface area contributed by atoms with E-state index in [9.17, 15) is 4.39 Å². The second kappa shape index (κ2) is 7.61. The van der Waals surface area contributed by atoms with E-state index in [1.807, 2.05) is 6.07 Å². The van der Waals surface area contributed by atoms with Crippen molar-refractivity contribution in [3.05, 3.63) is 35.6 Å². The molecule has 0 spiro atoms. The molecule has 0 aromatic heterocycles. The largest absolute Gasteiger partial charge is 0.372 e. The van der Waals surface area contributed by atoms with Crippen molar-refractivity contribution < 1.29 is 9.13 Å². The van der Waals surface area contributed by atoms with Crippen molar-refractivity contribution in [3.8, 4) is 0 Å². The predicted molar refractivity (Wildman–Crippen MR) is 77.7 cm³/mol. The number of ether oxygens (including phenoxy) is 1. The van der Waals surface area contributed by atoms with Gasteiger partial charge in [-0.25, -0.2) is 4.39 Å². The van der Waals surface area contributed by atoms with Gasteiger partial charge >= 0.3 is 0 Å². The van der Waals surface area contributed by atoms with Crippen LogP contribution in [-0.2, 0) is 4.74 Å². The first kappa shape index (κ1) is 16.1. The molecule has 19 heavy (non-hydrogen) atoms. The number of likely N-dealkylation sites (N-methyl/N-ethyl adjacent to an activating group) is 1. The third-order valence-electron chi connectivity index (χ3n) is 2.97. The summed E-state index contributed by atoms with van der Waals surface area (Å²) in [5, 5.41) is 3.27. The Morgan fingerprint density at radius 2 is 2.05 bits per heavy atom. The number of benzene rings is 1. The maximum Gasteiger partial charge on any atom is 0.123 e. The van der Waals surface area contributed by atoms with Gasteiger partial charge in [-0.1, -0.05) is 39.8 Å². The lowest BCUT2D eigenvalue weighted by Crippen LogP contribution is -2.24. The van der Waals surface area contributed by atoms with E-state index in [0.717, 1.165) is 18.5 Å². The number of hydrogen-bond donors (Lipinski definition) is 1. The van der Waals surface area contributed by atoms with Crippen molar-refractivity contribution in [1.29, 1.82) is 0 Å². The lowest BCUT2D eigenvalue weighted by molar-refractivity contribution is 0.0371. The standard InChI is InChI=1S/C16H26FNO/c1-5-18-12-15(19-10-9-16(2,3)4)13-7-6-8-14(17)11-13/h6-8,11,15,18H,5,9-10,12H2,1-4H3. The highest BCUT2D eigenvalue weighted by atomic mass is 19.1. The summed E-state index contributed by atoms with van der Waals surface area (Å²) in [4.78, 5) is 0. The normalized spacial score (nSPS) is 13.5. The monoisotopic (exact) mass is 267 g/mol. The molecule has 0 saturated carbocycles. The van der Waals surface area contributed by atoms with E-state index in [4.69, 9.17) is 4.74 Å². The zero-order valence-electron chi connectivity index (χ0n) is 12.5. The molecule has 0 amide bonds. The molecule has 0 aliphatic carbocycles. The lowest BCUT2D eigenvalue weighted by atomic mass is 9.93. The molecule has 0 heterocycles. The van der Waals surface area contributed by atoms with Crippen LogP contribution in [0.4, 0.5) is 4.39 Å². The van der Waals surface area contributed by atoms with Gasteiger partial charge in [0.1, 0.15) is 5.82 Å². The van der Waals surface area contributed by atoms with Gasteiger partial charge < -0.3 is 10.1 Å². The van der Waals surface area contributed by atoms with Gasteiger partial charge in [0.15, 0.2) is 0 Å². The van der Waals surface area contributed by atoms with E-state index in [1.54, 1.807) is 12.1 Å². The van der Waals surface area contributed by atoms with Crippen molar-refractivity contribution in [3.63, 3.8) is 0 Å². The Balaban J connectivity index is 2.61. The Kier molecular flexibility index (Phi) is 6.46. The van der Waals surface area contributed by atoms with E-state index >= 15 is 0 Å². The van der Waals surface area contributed by atoms with Crippen molar-refractivity contribution in [2.45, 2.75) is 40.2 Å². The molecule has 2 nitrogen and oxygen atoms in total. The van der Waals surface area contributed by atoms with Crippen LogP contribution in [0, 0.1) is 11.2 Å². The minimum absolute atomic E-state index is 0.0852. The minimum Gasteiger partial charge on any atom is -0.372 e. The summed E-state index contributed by atoms with van der Waals surface area (Å²) in [6.07, 6.45) is 0.906. The minimum atomic E-state index is -0.210. The fraction of sp³-hybridized carbons (Fsp3) is 0.625. The molecule has 108 valence electrons. The maximum absolute atomic E-state index is 13.3. The van der Waals surface area contributed by atoms with Crippen molar-refractivity contribution in [2.75, 3.05) is 19.7 Å². The van der Waals surface area contributed by atoms with Gasteiger partial charge in [0.25, 0.3) is 0 Å². The van der Waals surface area contributed by atoms with Gasteiger partial charge in [0.05, 0.1) is 6.10 Å². The van der Waals surface area contributed by atoms with Gasteiger partial charge in [-0.2, -0.15) is 0 Å². The van der Waals surface area contributed by atoms with E-state index in [2.05, 4.69) is 33.0 Å². The summed E-state index contributed by atoms with van der Waals surface area (Å²) in [5.74, 6) is -0.210. The number of halogens is 1. The van der Waals surface area contributed by atoms with Crippen LogP contribution < -0.4 is 5.32 Å². The Bertz CT molecular complexity index is 373. The average molecular weight is 267 g/mol. The first-order chi connectivity index (χ1) is 8.92. The molecule has 1 N–H and O–H groups in total. The molecule has 1 rings (SSSR count). The van der Waals surface area contributed by atoms with Crippen LogP contribution in [0.3, 0.4) is 0 Å². The van der Waals surface area contributed by atoms with Gasteiger partial charge in [0.2, 0.25) is 0 Å². The molecule has 0 bridgehead atoms. The molecule has 0 radical (unpaired) electrons. The first-order valence-electron chi connectivity index (χ1n) is 7.00. The molecule has 1 aromatic rings.